The van der Waals surface area contributed by atoms with Crippen LogP contribution in [0.15, 0.2) is 0 Å². The van der Waals surface area contributed by atoms with Crippen LogP contribution in [0.5, 0.6) is 0 Å². The summed E-state index contributed by atoms with van der Waals surface area (Å²) in [7, 11) is -3.23. The van der Waals surface area contributed by atoms with Gasteiger partial charge in [0.2, 0.25) is 15.9 Å². The SMILES string of the molecule is CCCCS(=O)(=O)N1CC(=O)N(CC)C1. The molecule has 15 heavy (non-hydrogen) atoms. The maximum Gasteiger partial charge on any atom is 0.239 e. The van der Waals surface area contributed by atoms with E-state index in [2.05, 4.69) is 0 Å². The van der Waals surface area contributed by atoms with Crippen LogP contribution in [0, 0.1) is 0 Å². The molecule has 1 heterocycles. The number of likely N-dealkylation sites (N-methyl/N-ethyl adjacent to an activating group) is 1. The fraction of sp³-hybridized carbons (Fsp3) is 0.889. The predicted octanol–water partition coefficient (Wildman–Crippen LogP) is 0.238. The molecule has 88 valence electrons. The normalized spacial score (nSPS) is 18.8. The van der Waals surface area contributed by atoms with Gasteiger partial charge in [-0.3, -0.25) is 4.79 Å². The highest BCUT2D eigenvalue weighted by molar-refractivity contribution is 7.89. The summed E-state index contributed by atoms with van der Waals surface area (Å²) in [5.74, 6) is 0.0477. The Morgan fingerprint density at radius 3 is 2.47 bits per heavy atom. The van der Waals surface area contributed by atoms with Crippen LogP contribution in [0.4, 0.5) is 0 Å². The zero-order chi connectivity index (χ0) is 11.5. The zero-order valence-corrected chi connectivity index (χ0v) is 10.1. The molecule has 1 aliphatic rings. The Bertz CT molecular complexity index is 326. The minimum absolute atomic E-state index is 0.0138. The number of sulfonamides is 1. The minimum Gasteiger partial charge on any atom is -0.328 e. The lowest BCUT2D eigenvalue weighted by atomic mass is 10.4. The predicted molar refractivity (Wildman–Crippen MR) is 57.7 cm³/mol. The van der Waals surface area contributed by atoms with Gasteiger partial charge in [-0.05, 0) is 13.3 Å². The van der Waals surface area contributed by atoms with Gasteiger partial charge in [0.05, 0.1) is 19.0 Å². The highest BCUT2D eigenvalue weighted by Crippen LogP contribution is 2.12. The number of hydrogen-bond donors (Lipinski definition) is 0. The minimum atomic E-state index is -3.23. The molecule has 0 spiro atoms. The van der Waals surface area contributed by atoms with Crippen molar-refractivity contribution in [3.63, 3.8) is 0 Å². The number of nitrogens with zero attached hydrogens (tertiary/aromatic N) is 2. The number of hydrogen-bond acceptors (Lipinski definition) is 3. The second kappa shape index (κ2) is 4.94. The van der Waals surface area contributed by atoms with E-state index in [0.717, 1.165) is 6.42 Å². The van der Waals surface area contributed by atoms with Crippen molar-refractivity contribution in [1.29, 1.82) is 0 Å². The standard InChI is InChI=1S/C9H18N2O3S/c1-3-5-6-15(13,14)11-7-9(12)10(4-2)8-11/h3-8H2,1-2H3. The Morgan fingerprint density at radius 2 is 2.00 bits per heavy atom. The molecule has 0 aliphatic carbocycles. The Balaban J connectivity index is 2.63. The van der Waals surface area contributed by atoms with E-state index in [0.29, 0.717) is 13.0 Å². The van der Waals surface area contributed by atoms with Crippen LogP contribution in [-0.4, -0.2) is 49.0 Å². The third-order valence-electron chi connectivity index (χ3n) is 2.52. The summed E-state index contributed by atoms with van der Waals surface area (Å²) in [6.45, 7) is 4.60. The fourth-order valence-corrected chi connectivity index (χ4v) is 3.02. The average molecular weight is 234 g/mol. The molecule has 1 amide bonds. The number of carbonyl (C=O) groups is 1. The summed E-state index contributed by atoms with van der Waals surface area (Å²) in [5.41, 5.74) is 0. The summed E-state index contributed by atoms with van der Waals surface area (Å²) >= 11 is 0. The van der Waals surface area contributed by atoms with Gasteiger partial charge in [0.25, 0.3) is 0 Å². The molecule has 0 N–H and O–H groups in total. The smallest absolute Gasteiger partial charge is 0.239 e. The van der Waals surface area contributed by atoms with Crippen LogP contribution in [0.3, 0.4) is 0 Å². The Labute approximate surface area is 91.1 Å². The van der Waals surface area contributed by atoms with E-state index in [-0.39, 0.29) is 24.9 Å². The first-order valence-electron chi connectivity index (χ1n) is 5.26. The zero-order valence-electron chi connectivity index (χ0n) is 9.27. The molecule has 0 atom stereocenters. The number of rotatable bonds is 5. The average Bonchev–Trinajstić information content (AvgIpc) is 2.57. The molecule has 0 bridgehead atoms. The van der Waals surface area contributed by atoms with E-state index >= 15 is 0 Å². The second-order valence-electron chi connectivity index (χ2n) is 3.67. The van der Waals surface area contributed by atoms with Crippen molar-refractivity contribution in [3.8, 4) is 0 Å². The van der Waals surface area contributed by atoms with Gasteiger partial charge >= 0.3 is 0 Å². The number of carbonyl (C=O) groups excluding carboxylic acids is 1. The Hall–Kier alpha value is -0.620. The molecule has 0 radical (unpaired) electrons. The summed E-state index contributed by atoms with van der Waals surface area (Å²) < 4.78 is 24.8. The molecule has 0 unspecified atom stereocenters. The number of amides is 1. The third kappa shape index (κ3) is 2.92. The van der Waals surface area contributed by atoms with Gasteiger partial charge in [0, 0.05) is 6.54 Å². The van der Waals surface area contributed by atoms with Gasteiger partial charge in [0.1, 0.15) is 0 Å². The first kappa shape index (κ1) is 12.4. The lowest BCUT2D eigenvalue weighted by Crippen LogP contribution is -2.32. The molecular formula is C9H18N2O3S. The van der Waals surface area contributed by atoms with E-state index in [1.165, 1.54) is 4.31 Å². The summed E-state index contributed by atoms with van der Waals surface area (Å²) in [4.78, 5) is 12.9. The maximum absolute atomic E-state index is 11.7. The molecule has 5 nitrogen and oxygen atoms in total. The van der Waals surface area contributed by atoms with Crippen molar-refractivity contribution < 1.29 is 13.2 Å². The molecule has 0 aromatic heterocycles. The van der Waals surface area contributed by atoms with E-state index in [4.69, 9.17) is 0 Å². The monoisotopic (exact) mass is 234 g/mol. The first-order valence-corrected chi connectivity index (χ1v) is 6.87. The maximum atomic E-state index is 11.7. The molecule has 0 saturated carbocycles. The Morgan fingerprint density at radius 1 is 1.33 bits per heavy atom. The molecule has 0 aromatic carbocycles. The van der Waals surface area contributed by atoms with E-state index in [1.54, 1.807) is 4.90 Å². The summed E-state index contributed by atoms with van der Waals surface area (Å²) in [5, 5.41) is 0. The molecule has 1 rings (SSSR count). The van der Waals surface area contributed by atoms with Gasteiger partial charge in [-0.15, -0.1) is 0 Å². The van der Waals surface area contributed by atoms with E-state index in [9.17, 15) is 13.2 Å². The molecule has 1 fully saturated rings. The van der Waals surface area contributed by atoms with Gasteiger partial charge in [-0.25, -0.2) is 8.42 Å². The molecular weight excluding hydrogens is 216 g/mol. The topological polar surface area (TPSA) is 57.7 Å². The highest BCUT2D eigenvalue weighted by atomic mass is 32.2. The van der Waals surface area contributed by atoms with Gasteiger partial charge in [-0.1, -0.05) is 13.3 Å². The Kier molecular flexibility index (Phi) is 4.10. The van der Waals surface area contributed by atoms with Crippen LogP contribution in [0.1, 0.15) is 26.7 Å². The van der Waals surface area contributed by atoms with Crippen LogP contribution in [-0.2, 0) is 14.8 Å². The largest absolute Gasteiger partial charge is 0.328 e. The van der Waals surface area contributed by atoms with Crippen LogP contribution < -0.4 is 0 Å². The van der Waals surface area contributed by atoms with E-state index < -0.39 is 10.0 Å². The van der Waals surface area contributed by atoms with Gasteiger partial charge < -0.3 is 4.90 Å². The van der Waals surface area contributed by atoms with Crippen molar-refractivity contribution in [2.75, 3.05) is 25.5 Å². The highest BCUT2D eigenvalue weighted by Gasteiger charge is 2.33. The molecule has 6 heteroatoms. The quantitative estimate of drug-likeness (QED) is 0.684. The van der Waals surface area contributed by atoms with Crippen molar-refractivity contribution in [2.45, 2.75) is 26.7 Å². The van der Waals surface area contributed by atoms with E-state index in [1.807, 2.05) is 13.8 Å². The molecule has 1 saturated heterocycles. The van der Waals surface area contributed by atoms with Gasteiger partial charge in [-0.2, -0.15) is 4.31 Å². The van der Waals surface area contributed by atoms with Crippen LogP contribution in [0.2, 0.25) is 0 Å². The van der Waals surface area contributed by atoms with Crippen molar-refractivity contribution in [3.05, 3.63) is 0 Å². The second-order valence-corrected chi connectivity index (χ2v) is 5.76. The van der Waals surface area contributed by atoms with Crippen LogP contribution in [0.25, 0.3) is 0 Å². The molecule has 1 aliphatic heterocycles. The van der Waals surface area contributed by atoms with Gasteiger partial charge in [0.15, 0.2) is 0 Å². The lowest BCUT2D eigenvalue weighted by molar-refractivity contribution is -0.126. The lowest BCUT2D eigenvalue weighted by Gasteiger charge is -2.16. The van der Waals surface area contributed by atoms with Crippen molar-refractivity contribution >= 4 is 15.9 Å². The first-order chi connectivity index (χ1) is 7.01. The molecule has 0 aromatic rings. The van der Waals surface area contributed by atoms with Crippen LogP contribution >= 0.6 is 0 Å². The summed E-state index contributed by atoms with van der Waals surface area (Å²) in [6.07, 6.45) is 1.50. The van der Waals surface area contributed by atoms with Crippen molar-refractivity contribution in [1.82, 2.24) is 9.21 Å². The summed E-state index contributed by atoms with van der Waals surface area (Å²) in [6, 6.07) is 0. The number of unbranched alkanes of at least 4 members (excludes halogenated alkanes) is 1. The van der Waals surface area contributed by atoms with Crippen molar-refractivity contribution in [2.24, 2.45) is 0 Å². The fourth-order valence-electron chi connectivity index (χ4n) is 1.49. The third-order valence-corrected chi connectivity index (χ3v) is 4.36.